The molecule has 0 atom stereocenters. The van der Waals surface area contributed by atoms with E-state index in [1.54, 1.807) is 0 Å². The molecule has 0 bridgehead atoms. The maximum atomic E-state index is 12.2. The summed E-state index contributed by atoms with van der Waals surface area (Å²) in [6.07, 6.45) is 0. The quantitative estimate of drug-likeness (QED) is 0.513. The molecule has 2 nitrogen and oxygen atoms in total. The van der Waals surface area contributed by atoms with Crippen molar-refractivity contribution >= 4 is 5.97 Å². The van der Waals surface area contributed by atoms with Crippen LogP contribution in [0.3, 0.4) is 0 Å². The fraction of sp³-hybridized carbons (Fsp3) is 0. The van der Waals surface area contributed by atoms with Crippen LogP contribution in [0, 0.1) is 5.82 Å². The van der Waals surface area contributed by atoms with Gasteiger partial charge in [0.15, 0.2) is 0 Å². The molecular weight excluding hydrogens is 158 g/mol. The normalized spacial score (nSPS) is 8.45. The van der Waals surface area contributed by atoms with E-state index in [0.29, 0.717) is 0 Å². The molecule has 0 saturated heterocycles. The second-order valence-electron chi connectivity index (χ2n) is 1.81. The molecule has 0 unspecified atom stereocenters. The van der Waals surface area contributed by atoms with Crippen molar-refractivity contribution in [2.45, 2.75) is 0 Å². The van der Waals surface area contributed by atoms with Crippen LogP contribution >= 0.6 is 0 Å². The van der Waals surface area contributed by atoms with Crippen molar-refractivity contribution in [3.63, 3.8) is 0 Å². The molecule has 0 spiro atoms. The molecule has 0 saturated carbocycles. The molecule has 0 fully saturated rings. The van der Waals surface area contributed by atoms with Crippen molar-refractivity contribution in [2.24, 2.45) is 0 Å². The molecule has 0 radical (unpaired) electrons. The van der Waals surface area contributed by atoms with E-state index in [1.165, 1.54) is 12.1 Å². The topological polar surface area (TPSA) is 37.3 Å². The molecule has 11 heavy (non-hydrogen) atoms. The average molecular weight is 163 g/mol. The van der Waals surface area contributed by atoms with Crippen LogP contribution in [0.25, 0.3) is 0 Å². The first kappa shape index (κ1) is 10.6. The Bertz CT molecular complexity index is 245. The number of carboxylic acid groups (broad SMARTS) is 1. The Morgan fingerprint density at radius 1 is 1.27 bits per heavy atom. The van der Waals surface area contributed by atoms with Crippen molar-refractivity contribution in [1.82, 2.24) is 0 Å². The third-order valence-corrected chi connectivity index (χ3v) is 1.09. The monoisotopic (exact) mass is 163 g/mol. The van der Waals surface area contributed by atoms with Gasteiger partial charge in [-0.15, -0.1) is 0 Å². The van der Waals surface area contributed by atoms with Gasteiger partial charge in [-0.1, -0.05) is 0 Å². The molecular formula is C7H5FNaO2+. The summed E-state index contributed by atoms with van der Waals surface area (Å²) in [6.45, 7) is 0. The number of hydrogen-bond donors (Lipinski definition) is 1. The van der Waals surface area contributed by atoms with Gasteiger partial charge < -0.3 is 5.11 Å². The Kier molecular flexibility index (Phi) is 4.33. The number of halogens is 1. The minimum Gasteiger partial charge on any atom is -0.478 e. The summed E-state index contributed by atoms with van der Waals surface area (Å²) in [5.41, 5.74) is 0.0985. The summed E-state index contributed by atoms with van der Waals surface area (Å²) >= 11 is 0. The van der Waals surface area contributed by atoms with Crippen LogP contribution < -0.4 is 29.6 Å². The van der Waals surface area contributed by atoms with E-state index in [-0.39, 0.29) is 35.1 Å². The fourth-order valence-electron chi connectivity index (χ4n) is 0.592. The average Bonchev–Trinajstić information content (AvgIpc) is 1.88. The van der Waals surface area contributed by atoms with Crippen LogP contribution in [-0.2, 0) is 0 Å². The van der Waals surface area contributed by atoms with Gasteiger partial charge in [0.25, 0.3) is 0 Å². The number of aromatic carboxylic acids is 1. The number of carboxylic acids is 1. The van der Waals surface area contributed by atoms with Gasteiger partial charge >= 0.3 is 35.5 Å². The van der Waals surface area contributed by atoms with Crippen LogP contribution in [0.1, 0.15) is 10.4 Å². The minimum atomic E-state index is -1.04. The first-order valence-electron chi connectivity index (χ1n) is 2.69. The van der Waals surface area contributed by atoms with E-state index < -0.39 is 11.8 Å². The smallest absolute Gasteiger partial charge is 0.478 e. The van der Waals surface area contributed by atoms with Crippen LogP contribution in [0.2, 0.25) is 0 Å². The molecule has 1 rings (SSSR count). The summed E-state index contributed by atoms with van der Waals surface area (Å²) in [6, 6.07) is 4.67. The summed E-state index contributed by atoms with van der Waals surface area (Å²) in [7, 11) is 0. The molecule has 1 aromatic carbocycles. The Morgan fingerprint density at radius 3 is 2.09 bits per heavy atom. The molecule has 0 aliphatic rings. The summed E-state index contributed by atoms with van der Waals surface area (Å²) < 4.78 is 12.2. The van der Waals surface area contributed by atoms with Crippen LogP contribution in [-0.4, -0.2) is 11.1 Å². The van der Waals surface area contributed by atoms with Crippen molar-refractivity contribution in [1.29, 1.82) is 0 Å². The number of hydrogen-bond acceptors (Lipinski definition) is 1. The van der Waals surface area contributed by atoms with Gasteiger partial charge in [0.2, 0.25) is 0 Å². The Morgan fingerprint density at radius 2 is 1.73 bits per heavy atom. The zero-order valence-electron chi connectivity index (χ0n) is 6.04. The third-order valence-electron chi connectivity index (χ3n) is 1.09. The maximum Gasteiger partial charge on any atom is 1.00 e. The van der Waals surface area contributed by atoms with Gasteiger partial charge in [-0.25, -0.2) is 9.18 Å². The molecule has 0 heterocycles. The van der Waals surface area contributed by atoms with Gasteiger partial charge in [0.1, 0.15) is 5.82 Å². The molecule has 52 valence electrons. The van der Waals surface area contributed by atoms with E-state index >= 15 is 0 Å². The third kappa shape index (κ3) is 3.01. The zero-order valence-corrected chi connectivity index (χ0v) is 8.04. The van der Waals surface area contributed by atoms with Gasteiger partial charge in [-0.3, -0.25) is 0 Å². The second-order valence-corrected chi connectivity index (χ2v) is 1.81. The summed E-state index contributed by atoms with van der Waals surface area (Å²) in [5, 5.41) is 8.35. The predicted octanol–water partition coefficient (Wildman–Crippen LogP) is -1.47. The molecule has 0 aromatic heterocycles. The van der Waals surface area contributed by atoms with Crippen LogP contribution in [0.15, 0.2) is 24.3 Å². The standard InChI is InChI=1S/C7H5FO2.Na/c8-6-3-1-5(2-4-6)7(9)10;/h1-4H,(H,9,10);/q;+1. The molecule has 1 N–H and O–H groups in total. The Balaban J connectivity index is 0.000001000. The second kappa shape index (κ2) is 4.49. The molecule has 0 aliphatic heterocycles. The molecule has 1 aromatic rings. The predicted molar refractivity (Wildman–Crippen MR) is 33.4 cm³/mol. The van der Waals surface area contributed by atoms with E-state index in [9.17, 15) is 9.18 Å². The van der Waals surface area contributed by atoms with Crippen molar-refractivity contribution < 1.29 is 43.8 Å². The van der Waals surface area contributed by atoms with Crippen molar-refractivity contribution in [2.75, 3.05) is 0 Å². The number of rotatable bonds is 1. The molecule has 0 amide bonds. The van der Waals surface area contributed by atoms with Gasteiger partial charge in [0.05, 0.1) is 5.56 Å². The minimum absolute atomic E-state index is 0. The largest absolute Gasteiger partial charge is 1.00 e. The van der Waals surface area contributed by atoms with Crippen LogP contribution in [0.5, 0.6) is 0 Å². The van der Waals surface area contributed by atoms with E-state index in [4.69, 9.17) is 5.11 Å². The SMILES string of the molecule is O=C(O)c1ccc(F)cc1.[Na+]. The van der Waals surface area contributed by atoms with E-state index in [1.807, 2.05) is 0 Å². The fourth-order valence-corrected chi connectivity index (χ4v) is 0.592. The summed E-state index contributed by atoms with van der Waals surface area (Å²) in [5.74, 6) is -1.47. The first-order chi connectivity index (χ1) is 4.70. The molecule has 0 aliphatic carbocycles. The summed E-state index contributed by atoms with van der Waals surface area (Å²) in [4.78, 5) is 10.2. The van der Waals surface area contributed by atoms with Gasteiger partial charge in [-0.2, -0.15) is 0 Å². The van der Waals surface area contributed by atoms with Crippen molar-refractivity contribution in [3.8, 4) is 0 Å². The number of benzene rings is 1. The Hall–Kier alpha value is -0.380. The molecule has 4 heteroatoms. The number of carbonyl (C=O) groups is 1. The van der Waals surface area contributed by atoms with E-state index in [2.05, 4.69) is 0 Å². The maximum absolute atomic E-state index is 12.2. The zero-order chi connectivity index (χ0) is 7.56. The van der Waals surface area contributed by atoms with Gasteiger partial charge in [0, 0.05) is 0 Å². The van der Waals surface area contributed by atoms with E-state index in [0.717, 1.165) is 12.1 Å². The van der Waals surface area contributed by atoms with Crippen molar-refractivity contribution in [3.05, 3.63) is 35.6 Å². The van der Waals surface area contributed by atoms with Crippen LogP contribution in [0.4, 0.5) is 4.39 Å². The van der Waals surface area contributed by atoms with Gasteiger partial charge in [-0.05, 0) is 24.3 Å². The first-order valence-corrected chi connectivity index (χ1v) is 2.69. The Labute approximate surface area is 85.3 Å².